The summed E-state index contributed by atoms with van der Waals surface area (Å²) < 4.78 is 16.8. The smallest absolute Gasteiger partial charge is 0.300 e. The quantitative estimate of drug-likeness (QED) is 0.286. The van der Waals surface area contributed by atoms with Crippen LogP contribution in [0.1, 0.15) is 31.2 Å². The summed E-state index contributed by atoms with van der Waals surface area (Å²) in [5, 5.41) is 11.8. The Labute approximate surface area is 195 Å². The van der Waals surface area contributed by atoms with Gasteiger partial charge in [0.1, 0.15) is 29.1 Å². The third-order valence-electron chi connectivity index (χ3n) is 5.18. The van der Waals surface area contributed by atoms with Gasteiger partial charge in [-0.1, -0.05) is 11.6 Å². The lowest BCUT2D eigenvalue weighted by molar-refractivity contribution is -0.132. The molecule has 170 valence electrons. The molecule has 8 heteroatoms. The molecule has 7 nitrogen and oxygen atoms in total. The van der Waals surface area contributed by atoms with Gasteiger partial charge in [0.25, 0.3) is 11.7 Å². The van der Waals surface area contributed by atoms with E-state index in [1.54, 1.807) is 61.5 Å². The van der Waals surface area contributed by atoms with Crippen LogP contribution in [0.3, 0.4) is 0 Å². The molecule has 1 aliphatic heterocycles. The molecule has 1 atom stereocenters. The average molecular weight is 468 g/mol. The summed E-state index contributed by atoms with van der Waals surface area (Å²) in [6.07, 6.45) is 1.44. The van der Waals surface area contributed by atoms with E-state index in [-0.39, 0.29) is 16.9 Å². The molecule has 1 aliphatic rings. The number of nitrogens with zero attached hydrogens (tertiary/aromatic N) is 1. The van der Waals surface area contributed by atoms with Crippen LogP contribution in [0.2, 0.25) is 5.02 Å². The van der Waals surface area contributed by atoms with E-state index in [0.29, 0.717) is 41.2 Å². The molecule has 2 aromatic carbocycles. The number of aliphatic hydroxyl groups excluding tert-OH is 1. The number of anilines is 1. The lowest BCUT2D eigenvalue weighted by Crippen LogP contribution is -2.29. The van der Waals surface area contributed by atoms with E-state index < -0.39 is 17.7 Å². The zero-order valence-electron chi connectivity index (χ0n) is 18.1. The Morgan fingerprint density at radius 2 is 1.79 bits per heavy atom. The topological polar surface area (TPSA) is 89.2 Å². The number of ketones is 1. The molecule has 1 amide bonds. The van der Waals surface area contributed by atoms with Crippen LogP contribution in [0.15, 0.2) is 70.9 Å². The second-order valence-electron chi connectivity index (χ2n) is 7.18. The number of Topliss-reactive ketones (excluding diaryl/α,β-unsaturated/α-hetero) is 1. The number of hydrogen-bond donors (Lipinski definition) is 1. The van der Waals surface area contributed by atoms with Crippen LogP contribution in [0.4, 0.5) is 5.69 Å². The second kappa shape index (κ2) is 9.42. The summed E-state index contributed by atoms with van der Waals surface area (Å²) in [5.41, 5.74) is 0.611. The summed E-state index contributed by atoms with van der Waals surface area (Å²) in [5.74, 6) is -0.768. The molecule has 3 aromatic rings. The average Bonchev–Trinajstić information content (AvgIpc) is 3.42. The van der Waals surface area contributed by atoms with Gasteiger partial charge in [-0.15, -0.1) is 0 Å². The lowest BCUT2D eigenvalue weighted by atomic mass is 9.98. The summed E-state index contributed by atoms with van der Waals surface area (Å²) in [6, 6.07) is 13.7. The first-order valence-electron chi connectivity index (χ1n) is 10.5. The highest BCUT2D eigenvalue weighted by atomic mass is 35.5. The maximum Gasteiger partial charge on any atom is 0.300 e. The summed E-state index contributed by atoms with van der Waals surface area (Å²) in [6.45, 7) is 4.45. The number of rotatable bonds is 7. The van der Waals surface area contributed by atoms with Crippen molar-refractivity contribution in [3.63, 3.8) is 0 Å². The number of aliphatic hydroxyl groups is 1. The van der Waals surface area contributed by atoms with Gasteiger partial charge in [-0.3, -0.25) is 14.5 Å². The standard InChI is InChI=1S/C25H22ClNO6/c1-3-31-17-11-12-18(20(14-17)32-4-2)23(28)21-22(19-6-5-13-33-19)27(25(30)24(21)29)16-9-7-15(26)8-10-16/h5-14,22,28H,3-4H2,1-2H3/b23-21-. The summed E-state index contributed by atoms with van der Waals surface area (Å²) in [7, 11) is 0. The minimum Gasteiger partial charge on any atom is -0.507 e. The van der Waals surface area contributed by atoms with Crippen molar-refractivity contribution in [3.8, 4) is 11.5 Å². The van der Waals surface area contributed by atoms with Gasteiger partial charge in [-0.25, -0.2) is 0 Å². The van der Waals surface area contributed by atoms with Crippen molar-refractivity contribution in [2.24, 2.45) is 0 Å². The van der Waals surface area contributed by atoms with Crippen LogP contribution >= 0.6 is 11.6 Å². The molecule has 0 bridgehead atoms. The molecule has 1 unspecified atom stereocenters. The van der Waals surface area contributed by atoms with Gasteiger partial charge in [-0.05, 0) is 62.4 Å². The Morgan fingerprint density at radius 1 is 1.06 bits per heavy atom. The number of furan rings is 1. The maximum absolute atomic E-state index is 13.2. The van der Waals surface area contributed by atoms with Crippen molar-refractivity contribution in [2.75, 3.05) is 18.1 Å². The van der Waals surface area contributed by atoms with Crippen molar-refractivity contribution in [1.29, 1.82) is 0 Å². The van der Waals surface area contributed by atoms with Crippen LogP contribution in [-0.2, 0) is 9.59 Å². The number of benzene rings is 2. The highest BCUT2D eigenvalue weighted by Crippen LogP contribution is 2.44. The Hall–Kier alpha value is -3.71. The SMILES string of the molecule is CCOc1ccc(/C(O)=C2/C(=O)C(=O)N(c3ccc(Cl)cc3)C2c2ccco2)c(OCC)c1. The lowest BCUT2D eigenvalue weighted by Gasteiger charge is -2.23. The van der Waals surface area contributed by atoms with Gasteiger partial charge in [0.2, 0.25) is 0 Å². The van der Waals surface area contributed by atoms with Gasteiger partial charge >= 0.3 is 0 Å². The molecule has 2 heterocycles. The van der Waals surface area contributed by atoms with Gasteiger partial charge in [0.05, 0.1) is 30.6 Å². The fraction of sp³-hybridized carbons (Fsp3) is 0.200. The van der Waals surface area contributed by atoms with Crippen molar-refractivity contribution in [1.82, 2.24) is 0 Å². The van der Waals surface area contributed by atoms with Gasteiger partial charge in [0.15, 0.2) is 0 Å². The van der Waals surface area contributed by atoms with Crippen LogP contribution in [0.5, 0.6) is 11.5 Å². The molecule has 1 N–H and O–H groups in total. The molecule has 0 saturated carbocycles. The predicted molar refractivity (Wildman–Crippen MR) is 124 cm³/mol. The van der Waals surface area contributed by atoms with Crippen LogP contribution in [0, 0.1) is 0 Å². The normalized spacial score (nSPS) is 17.4. The molecule has 1 aromatic heterocycles. The number of carbonyl (C=O) groups excluding carboxylic acids is 2. The highest BCUT2D eigenvalue weighted by Gasteiger charge is 2.48. The fourth-order valence-corrected chi connectivity index (χ4v) is 3.92. The van der Waals surface area contributed by atoms with Gasteiger partial charge in [0, 0.05) is 16.8 Å². The Morgan fingerprint density at radius 3 is 2.42 bits per heavy atom. The Balaban J connectivity index is 1.90. The number of amides is 1. The number of hydrogen-bond acceptors (Lipinski definition) is 6. The summed E-state index contributed by atoms with van der Waals surface area (Å²) >= 11 is 6.00. The minimum atomic E-state index is -0.970. The third kappa shape index (κ3) is 4.19. The van der Waals surface area contributed by atoms with Crippen molar-refractivity contribution in [3.05, 3.63) is 82.8 Å². The first-order valence-corrected chi connectivity index (χ1v) is 10.8. The largest absolute Gasteiger partial charge is 0.507 e. The minimum absolute atomic E-state index is 0.102. The first-order chi connectivity index (χ1) is 16.0. The third-order valence-corrected chi connectivity index (χ3v) is 5.43. The van der Waals surface area contributed by atoms with Crippen LogP contribution < -0.4 is 14.4 Å². The number of halogens is 1. The van der Waals surface area contributed by atoms with E-state index in [1.807, 2.05) is 6.92 Å². The molecule has 0 radical (unpaired) electrons. The first kappa shape index (κ1) is 22.5. The number of ether oxygens (including phenoxy) is 2. The van der Waals surface area contributed by atoms with Gasteiger partial charge in [-0.2, -0.15) is 0 Å². The predicted octanol–water partition coefficient (Wildman–Crippen LogP) is 5.36. The Kier molecular flexibility index (Phi) is 6.42. The van der Waals surface area contributed by atoms with E-state index in [4.69, 9.17) is 25.5 Å². The van der Waals surface area contributed by atoms with E-state index >= 15 is 0 Å². The summed E-state index contributed by atoms with van der Waals surface area (Å²) in [4.78, 5) is 27.6. The molecule has 0 aliphatic carbocycles. The van der Waals surface area contributed by atoms with E-state index in [1.165, 1.54) is 11.2 Å². The van der Waals surface area contributed by atoms with Crippen molar-refractivity contribution >= 4 is 34.7 Å². The molecule has 4 rings (SSSR count). The van der Waals surface area contributed by atoms with E-state index in [9.17, 15) is 14.7 Å². The molecule has 1 saturated heterocycles. The van der Waals surface area contributed by atoms with Gasteiger partial charge < -0.3 is 19.0 Å². The Bertz CT molecular complexity index is 1200. The molecular weight excluding hydrogens is 446 g/mol. The second-order valence-corrected chi connectivity index (χ2v) is 7.62. The fourth-order valence-electron chi connectivity index (χ4n) is 3.79. The molecule has 1 fully saturated rings. The van der Waals surface area contributed by atoms with Crippen molar-refractivity contribution in [2.45, 2.75) is 19.9 Å². The maximum atomic E-state index is 13.2. The zero-order valence-corrected chi connectivity index (χ0v) is 18.8. The highest BCUT2D eigenvalue weighted by molar-refractivity contribution is 6.51. The molecule has 0 spiro atoms. The molecule has 33 heavy (non-hydrogen) atoms. The monoisotopic (exact) mass is 467 g/mol. The number of carbonyl (C=O) groups is 2. The van der Waals surface area contributed by atoms with E-state index in [0.717, 1.165) is 0 Å². The van der Waals surface area contributed by atoms with Crippen molar-refractivity contribution < 1.29 is 28.6 Å². The molecular formula is C25H22ClNO6. The van der Waals surface area contributed by atoms with Crippen LogP contribution in [0.25, 0.3) is 5.76 Å². The van der Waals surface area contributed by atoms with Crippen LogP contribution in [-0.4, -0.2) is 30.0 Å². The van der Waals surface area contributed by atoms with E-state index in [2.05, 4.69) is 0 Å². The zero-order chi connectivity index (χ0) is 23.5.